The second-order valence-corrected chi connectivity index (χ2v) is 17.0. The van der Waals surface area contributed by atoms with Gasteiger partial charge in [-0.25, -0.2) is 4.98 Å². The molecular weight excluding hydrogens is 763 g/mol. The van der Waals surface area contributed by atoms with Crippen molar-refractivity contribution in [2.75, 3.05) is 0 Å². The normalized spacial score (nSPS) is 12.3. The average molecular weight is 796 g/mol. The molecule has 0 amide bonds. The van der Waals surface area contributed by atoms with Crippen molar-refractivity contribution in [3.05, 3.63) is 200 Å². The molecule has 14 aromatic rings. The Labute approximate surface area is 352 Å². The number of benzene rings is 8. The van der Waals surface area contributed by atoms with Crippen LogP contribution >= 0.6 is 11.3 Å². The Balaban J connectivity index is 1.000. The summed E-state index contributed by atoms with van der Waals surface area (Å²) in [5.74, 6) is 0.953. The van der Waals surface area contributed by atoms with E-state index in [1.807, 2.05) is 17.5 Å². The zero-order valence-electron chi connectivity index (χ0n) is 32.7. The van der Waals surface area contributed by atoms with Gasteiger partial charge in [-0.1, -0.05) is 109 Å². The molecule has 0 aliphatic heterocycles. The summed E-state index contributed by atoms with van der Waals surface area (Å²) in [5.41, 5.74) is 11.7. The van der Waals surface area contributed by atoms with Gasteiger partial charge in [0, 0.05) is 76.4 Å². The zero-order valence-corrected chi connectivity index (χ0v) is 33.5. The lowest BCUT2D eigenvalue weighted by molar-refractivity contribution is 1.07. The Hall–Kier alpha value is -7.93. The van der Waals surface area contributed by atoms with Crippen molar-refractivity contribution in [2.45, 2.75) is 0 Å². The Morgan fingerprint density at radius 2 is 0.803 bits per heavy atom. The molecule has 0 unspecified atom stereocenters. The highest BCUT2D eigenvalue weighted by Crippen LogP contribution is 2.44. The van der Waals surface area contributed by atoms with E-state index in [0.29, 0.717) is 0 Å². The van der Waals surface area contributed by atoms with Gasteiger partial charge in [-0.15, -0.1) is 11.3 Å². The molecule has 61 heavy (non-hydrogen) atoms. The lowest BCUT2D eigenvalue weighted by Crippen LogP contribution is -2.01. The third-order valence-corrected chi connectivity index (χ3v) is 14.0. The fourth-order valence-electron chi connectivity index (χ4n) is 10.3. The van der Waals surface area contributed by atoms with E-state index in [1.165, 1.54) is 85.6 Å². The first-order valence-electron chi connectivity index (χ1n) is 20.7. The summed E-state index contributed by atoms with van der Waals surface area (Å²) in [4.78, 5) is 5.18. The molecule has 5 nitrogen and oxygen atoms in total. The van der Waals surface area contributed by atoms with Crippen LogP contribution in [0.15, 0.2) is 200 Å². The molecular formula is C55H33N5S. The van der Waals surface area contributed by atoms with Gasteiger partial charge in [0.05, 0.1) is 37.8 Å². The van der Waals surface area contributed by atoms with Crippen molar-refractivity contribution < 1.29 is 0 Å². The van der Waals surface area contributed by atoms with E-state index in [4.69, 9.17) is 4.98 Å². The first-order valence-corrected chi connectivity index (χ1v) is 21.5. The van der Waals surface area contributed by atoms with Gasteiger partial charge in [0.1, 0.15) is 5.65 Å². The molecule has 0 atom stereocenters. The summed E-state index contributed by atoms with van der Waals surface area (Å²) in [6, 6.07) is 70.7. The molecule has 0 aliphatic carbocycles. The summed E-state index contributed by atoms with van der Waals surface area (Å²) in [6.45, 7) is 0. The molecule has 0 N–H and O–H groups in total. The number of nitrogens with zero attached hydrogens (tertiary/aromatic N) is 5. The van der Waals surface area contributed by atoms with Gasteiger partial charge in [-0.3, -0.25) is 13.7 Å². The first-order chi connectivity index (χ1) is 30.3. The zero-order chi connectivity index (χ0) is 39.8. The van der Waals surface area contributed by atoms with Crippen molar-refractivity contribution >= 4 is 108 Å². The van der Waals surface area contributed by atoms with Crippen LogP contribution in [0.4, 0.5) is 0 Å². The number of hydrogen-bond acceptors (Lipinski definition) is 2. The van der Waals surface area contributed by atoms with Crippen LogP contribution < -0.4 is 0 Å². The predicted molar refractivity (Wildman–Crippen MR) is 257 cm³/mol. The van der Waals surface area contributed by atoms with E-state index < -0.39 is 0 Å². The Kier molecular flexibility index (Phi) is 6.65. The second kappa shape index (κ2) is 12.3. The van der Waals surface area contributed by atoms with E-state index in [9.17, 15) is 0 Å². The molecule has 0 bridgehead atoms. The quantitative estimate of drug-likeness (QED) is 0.175. The number of thiophene rings is 1. The number of pyridine rings is 1. The maximum absolute atomic E-state index is 5.18. The van der Waals surface area contributed by atoms with Crippen molar-refractivity contribution in [2.24, 2.45) is 0 Å². The van der Waals surface area contributed by atoms with Crippen LogP contribution in [0.25, 0.3) is 120 Å². The summed E-state index contributed by atoms with van der Waals surface area (Å²) in [6.07, 6.45) is 1.99. The molecule has 0 fully saturated rings. The molecule has 0 aliphatic rings. The second-order valence-electron chi connectivity index (χ2n) is 16.0. The van der Waals surface area contributed by atoms with Gasteiger partial charge in [-0.2, -0.15) is 0 Å². The molecule has 14 rings (SSSR count). The van der Waals surface area contributed by atoms with Crippen molar-refractivity contribution in [3.63, 3.8) is 0 Å². The van der Waals surface area contributed by atoms with Crippen LogP contribution in [0.2, 0.25) is 0 Å². The van der Waals surface area contributed by atoms with Crippen LogP contribution in [-0.4, -0.2) is 23.3 Å². The van der Waals surface area contributed by atoms with Gasteiger partial charge < -0.3 is 4.57 Å². The van der Waals surface area contributed by atoms with E-state index in [-0.39, 0.29) is 0 Å². The maximum Gasteiger partial charge on any atom is 0.155 e. The maximum atomic E-state index is 5.18. The highest BCUT2D eigenvalue weighted by atomic mass is 32.1. The molecule has 0 saturated carbocycles. The molecule has 6 heteroatoms. The molecule has 0 saturated heterocycles. The van der Waals surface area contributed by atoms with Crippen molar-refractivity contribution in [3.8, 4) is 22.9 Å². The van der Waals surface area contributed by atoms with Crippen LogP contribution in [0.1, 0.15) is 0 Å². The molecule has 8 aromatic carbocycles. The number of para-hydroxylation sites is 6. The predicted octanol–water partition coefficient (Wildman–Crippen LogP) is 14.7. The van der Waals surface area contributed by atoms with Gasteiger partial charge in [0.15, 0.2) is 5.82 Å². The van der Waals surface area contributed by atoms with Crippen LogP contribution in [-0.2, 0) is 0 Å². The van der Waals surface area contributed by atoms with Gasteiger partial charge >= 0.3 is 0 Å². The van der Waals surface area contributed by atoms with E-state index in [2.05, 4.69) is 212 Å². The van der Waals surface area contributed by atoms with Crippen LogP contribution in [0.3, 0.4) is 0 Å². The number of hydrogen-bond donors (Lipinski definition) is 0. The van der Waals surface area contributed by atoms with E-state index in [1.54, 1.807) is 0 Å². The van der Waals surface area contributed by atoms with Crippen molar-refractivity contribution in [1.82, 2.24) is 23.3 Å². The minimum absolute atomic E-state index is 0.953. The smallest absolute Gasteiger partial charge is 0.155 e. The fraction of sp³-hybridized carbons (Fsp3) is 0. The van der Waals surface area contributed by atoms with E-state index >= 15 is 0 Å². The molecule has 0 radical (unpaired) electrons. The molecule has 6 aromatic heterocycles. The molecule has 284 valence electrons. The minimum atomic E-state index is 0.953. The van der Waals surface area contributed by atoms with Gasteiger partial charge in [-0.05, 0) is 84.9 Å². The third kappa shape index (κ3) is 4.46. The highest BCUT2D eigenvalue weighted by molar-refractivity contribution is 7.26. The summed E-state index contributed by atoms with van der Waals surface area (Å²) < 4.78 is 12.1. The monoisotopic (exact) mass is 795 g/mol. The average Bonchev–Trinajstić information content (AvgIpc) is 4.12. The van der Waals surface area contributed by atoms with E-state index in [0.717, 1.165) is 33.9 Å². The summed E-state index contributed by atoms with van der Waals surface area (Å²) in [7, 11) is 0. The number of aromatic nitrogens is 5. The Morgan fingerprint density at radius 3 is 1.46 bits per heavy atom. The first kappa shape index (κ1) is 33.0. The summed E-state index contributed by atoms with van der Waals surface area (Å²) >= 11 is 1.82. The van der Waals surface area contributed by atoms with Gasteiger partial charge in [0.2, 0.25) is 0 Å². The number of fused-ring (bicyclic) bond motifs is 14. The lowest BCUT2D eigenvalue weighted by Gasteiger charge is -2.13. The Bertz CT molecular complexity index is 4070. The minimum Gasteiger partial charge on any atom is -0.309 e. The van der Waals surface area contributed by atoms with Crippen molar-refractivity contribution in [1.29, 1.82) is 0 Å². The van der Waals surface area contributed by atoms with Gasteiger partial charge in [0.25, 0.3) is 0 Å². The Morgan fingerprint density at radius 1 is 0.328 bits per heavy atom. The molecule has 6 heterocycles. The SMILES string of the molecule is c1ccc(-n2c3ccccc3c3c4ccccc4n(-c4ccc5sc6c(-n7c8ccccc8c8cc(-n9c%10ccccc%10c%10ccccc%109)ccc87)nccc6c5c4)c32)cc1. The lowest BCUT2D eigenvalue weighted by atomic mass is 10.1. The topological polar surface area (TPSA) is 32.6 Å². The molecule has 0 spiro atoms. The summed E-state index contributed by atoms with van der Waals surface area (Å²) in [5, 5.41) is 11.1. The van der Waals surface area contributed by atoms with Crippen LogP contribution in [0.5, 0.6) is 0 Å². The third-order valence-electron chi connectivity index (χ3n) is 12.8. The fourth-order valence-corrected chi connectivity index (χ4v) is 11.5. The largest absolute Gasteiger partial charge is 0.309 e. The standard InChI is InChI=1S/C55H33N5S/c1-2-14-34(15-3-1)58-48-24-12-7-19-41(48)52-42-20-8-13-25-49(42)59(55(52)58)36-27-29-51-44(33-36)40-30-31-56-54(53(40)61-51)60-47-23-11-6-18-39(47)43-32-35(26-28-50(43)60)57-45-21-9-4-16-37(45)38-17-5-10-22-46(38)57/h1-33H. The number of rotatable bonds is 4. The highest BCUT2D eigenvalue weighted by Gasteiger charge is 2.24. The van der Waals surface area contributed by atoms with Crippen LogP contribution in [0, 0.1) is 0 Å².